The van der Waals surface area contributed by atoms with Gasteiger partial charge >= 0.3 is 5.97 Å². The maximum Gasteiger partial charge on any atom is 0.314 e. The maximum atomic E-state index is 12.7. The molecule has 5 nitrogen and oxygen atoms in total. The van der Waals surface area contributed by atoms with Crippen molar-refractivity contribution >= 4 is 17.4 Å². The number of pyridine rings is 1. The third kappa shape index (κ3) is 4.11. The van der Waals surface area contributed by atoms with Gasteiger partial charge in [0.1, 0.15) is 22.9 Å². The van der Waals surface area contributed by atoms with Crippen molar-refractivity contribution in [1.29, 1.82) is 0 Å². The quantitative estimate of drug-likeness (QED) is 0.303. The number of fused-ring (bicyclic) bond motifs is 1. The van der Waals surface area contributed by atoms with Gasteiger partial charge in [-0.15, -0.1) is 0 Å². The summed E-state index contributed by atoms with van der Waals surface area (Å²) in [6, 6.07) is 22.1. The van der Waals surface area contributed by atoms with Crippen LogP contribution in [0.25, 0.3) is 16.9 Å². The predicted molar refractivity (Wildman–Crippen MR) is 127 cm³/mol. The summed E-state index contributed by atoms with van der Waals surface area (Å²) >= 11 is 0. The Hall–Kier alpha value is -3.60. The van der Waals surface area contributed by atoms with Gasteiger partial charge in [0.25, 0.3) is 0 Å². The van der Waals surface area contributed by atoms with Crippen LogP contribution in [0.3, 0.4) is 0 Å². The lowest BCUT2D eigenvalue weighted by Gasteiger charge is -2.14. The summed E-state index contributed by atoms with van der Waals surface area (Å²) in [6.07, 6.45) is 6.06. The molecule has 5 rings (SSSR count). The van der Waals surface area contributed by atoms with Crippen molar-refractivity contribution in [3.8, 4) is 17.0 Å². The highest BCUT2D eigenvalue weighted by atomic mass is 16.5. The zero-order valence-corrected chi connectivity index (χ0v) is 18.3. The van der Waals surface area contributed by atoms with Crippen molar-refractivity contribution in [2.24, 2.45) is 5.92 Å². The Morgan fingerprint density at radius 1 is 1.06 bits per heavy atom. The van der Waals surface area contributed by atoms with Crippen LogP contribution in [0.4, 0.5) is 5.82 Å². The van der Waals surface area contributed by atoms with Gasteiger partial charge in [-0.2, -0.15) is 0 Å². The average Bonchev–Trinajstić information content (AvgIpc) is 3.47. The largest absolute Gasteiger partial charge is 0.426 e. The molecule has 0 radical (unpaired) electrons. The molecule has 0 unspecified atom stereocenters. The summed E-state index contributed by atoms with van der Waals surface area (Å²) in [5, 5.41) is 3.57. The fraction of sp³-hybridized carbons (Fsp3) is 0.259. The highest BCUT2D eigenvalue weighted by Gasteiger charge is 2.26. The number of ether oxygens (including phenoxy) is 1. The van der Waals surface area contributed by atoms with Gasteiger partial charge in [0.05, 0.1) is 5.92 Å². The maximum absolute atomic E-state index is 12.7. The number of aromatic nitrogens is 2. The minimum Gasteiger partial charge on any atom is -0.426 e. The van der Waals surface area contributed by atoms with E-state index >= 15 is 0 Å². The molecule has 0 bridgehead atoms. The molecule has 1 aliphatic rings. The second-order valence-corrected chi connectivity index (χ2v) is 8.48. The number of rotatable bonds is 6. The number of para-hydroxylation sites is 1. The third-order valence-corrected chi connectivity index (χ3v) is 6.13. The monoisotopic (exact) mass is 425 g/mol. The summed E-state index contributed by atoms with van der Waals surface area (Å²) in [6.45, 7) is 2.72. The summed E-state index contributed by atoms with van der Waals surface area (Å²) in [4.78, 5) is 17.7. The van der Waals surface area contributed by atoms with Crippen molar-refractivity contribution in [1.82, 2.24) is 9.38 Å². The molecule has 0 atom stereocenters. The Bertz CT molecular complexity index is 1240. The molecule has 0 spiro atoms. The molecule has 1 saturated carbocycles. The number of hydrogen-bond donors (Lipinski definition) is 1. The van der Waals surface area contributed by atoms with Gasteiger partial charge < -0.3 is 10.1 Å². The molecule has 1 N–H and O–H groups in total. The number of benzene rings is 2. The van der Waals surface area contributed by atoms with Crippen LogP contribution < -0.4 is 10.1 Å². The number of esters is 1. The molecule has 32 heavy (non-hydrogen) atoms. The zero-order chi connectivity index (χ0) is 21.9. The second kappa shape index (κ2) is 8.87. The van der Waals surface area contributed by atoms with E-state index in [0.29, 0.717) is 12.3 Å². The van der Waals surface area contributed by atoms with E-state index in [2.05, 4.69) is 40.9 Å². The van der Waals surface area contributed by atoms with Gasteiger partial charge in [-0.3, -0.25) is 9.20 Å². The topological polar surface area (TPSA) is 55.6 Å². The second-order valence-electron chi connectivity index (χ2n) is 8.48. The molecular formula is C27H27N3O2. The lowest BCUT2D eigenvalue weighted by Crippen LogP contribution is -2.18. The lowest BCUT2D eigenvalue weighted by molar-refractivity contribution is -0.138. The summed E-state index contributed by atoms with van der Waals surface area (Å²) in [5.41, 5.74) is 4.77. The van der Waals surface area contributed by atoms with Gasteiger partial charge in [-0.25, -0.2) is 4.98 Å². The minimum absolute atomic E-state index is 0.00227. The Labute approximate surface area is 188 Å². The van der Waals surface area contributed by atoms with Crippen LogP contribution in [-0.4, -0.2) is 15.4 Å². The first-order chi connectivity index (χ1) is 15.7. The molecule has 1 fully saturated rings. The minimum atomic E-state index is -0.131. The molecule has 2 heterocycles. The Morgan fingerprint density at radius 2 is 1.81 bits per heavy atom. The molecule has 2 aromatic carbocycles. The van der Waals surface area contributed by atoms with Crippen molar-refractivity contribution in [2.45, 2.75) is 39.2 Å². The Balaban J connectivity index is 1.54. The van der Waals surface area contributed by atoms with Gasteiger partial charge in [0.15, 0.2) is 0 Å². The normalized spacial score (nSPS) is 14.0. The molecule has 162 valence electrons. The number of aryl methyl sites for hydroxylation is 1. The van der Waals surface area contributed by atoms with E-state index in [4.69, 9.17) is 9.72 Å². The molecule has 5 heteroatoms. The van der Waals surface area contributed by atoms with Gasteiger partial charge in [-0.1, -0.05) is 55.3 Å². The van der Waals surface area contributed by atoms with Crippen LogP contribution in [0.1, 0.15) is 36.8 Å². The molecule has 1 aliphatic carbocycles. The molecule has 0 amide bonds. The van der Waals surface area contributed by atoms with Gasteiger partial charge in [0.2, 0.25) is 0 Å². The van der Waals surface area contributed by atoms with Crippen molar-refractivity contribution < 1.29 is 9.53 Å². The van der Waals surface area contributed by atoms with Crippen LogP contribution in [-0.2, 0) is 11.3 Å². The van der Waals surface area contributed by atoms with Crippen LogP contribution in [0, 0.1) is 12.8 Å². The number of nitrogens with one attached hydrogen (secondary N) is 1. The van der Waals surface area contributed by atoms with Gasteiger partial charge in [-0.05, 0) is 55.2 Å². The number of carbonyl (C=O) groups is 1. The van der Waals surface area contributed by atoms with E-state index in [-0.39, 0.29) is 11.9 Å². The highest BCUT2D eigenvalue weighted by Crippen LogP contribution is 2.37. The Kier molecular flexibility index (Phi) is 5.63. The smallest absolute Gasteiger partial charge is 0.314 e. The van der Waals surface area contributed by atoms with Crippen LogP contribution in [0.15, 0.2) is 72.9 Å². The van der Waals surface area contributed by atoms with E-state index in [0.717, 1.165) is 54.0 Å². The van der Waals surface area contributed by atoms with E-state index in [1.165, 1.54) is 5.56 Å². The standard InChI is InChI=1S/C27H27N3O2/c1-19-15-16-30-24(17-19)29-25(26(30)28-18-20-9-3-2-4-10-20)22-13-7-8-14-23(22)32-27(31)21-11-5-6-12-21/h2-4,7-10,13-17,21,28H,5-6,11-12,18H2,1H3. The van der Waals surface area contributed by atoms with E-state index < -0.39 is 0 Å². The van der Waals surface area contributed by atoms with E-state index in [9.17, 15) is 4.79 Å². The number of anilines is 1. The van der Waals surface area contributed by atoms with Gasteiger partial charge in [0, 0.05) is 18.3 Å². The zero-order valence-electron chi connectivity index (χ0n) is 18.3. The van der Waals surface area contributed by atoms with Crippen molar-refractivity contribution in [3.05, 3.63) is 84.1 Å². The van der Waals surface area contributed by atoms with Crippen LogP contribution >= 0.6 is 0 Å². The predicted octanol–water partition coefficient (Wildman–Crippen LogP) is 6.02. The molecule has 0 saturated heterocycles. The number of carbonyl (C=O) groups excluding carboxylic acids is 1. The van der Waals surface area contributed by atoms with Crippen molar-refractivity contribution in [3.63, 3.8) is 0 Å². The first-order valence-electron chi connectivity index (χ1n) is 11.3. The fourth-order valence-electron chi connectivity index (χ4n) is 4.39. The number of imidazole rings is 1. The van der Waals surface area contributed by atoms with Crippen LogP contribution in [0.2, 0.25) is 0 Å². The summed E-state index contributed by atoms with van der Waals surface area (Å²) in [7, 11) is 0. The van der Waals surface area contributed by atoms with E-state index in [1.54, 1.807) is 0 Å². The average molecular weight is 426 g/mol. The third-order valence-electron chi connectivity index (χ3n) is 6.13. The number of hydrogen-bond acceptors (Lipinski definition) is 4. The summed E-state index contributed by atoms with van der Waals surface area (Å²) < 4.78 is 7.96. The number of nitrogens with zero attached hydrogens (tertiary/aromatic N) is 2. The molecule has 0 aliphatic heterocycles. The molecular weight excluding hydrogens is 398 g/mol. The first kappa shape index (κ1) is 20.3. The Morgan fingerprint density at radius 3 is 2.62 bits per heavy atom. The molecule has 2 aromatic heterocycles. The fourth-order valence-corrected chi connectivity index (χ4v) is 4.39. The highest BCUT2D eigenvalue weighted by molar-refractivity contribution is 5.83. The summed E-state index contributed by atoms with van der Waals surface area (Å²) in [5.74, 6) is 1.32. The van der Waals surface area contributed by atoms with E-state index in [1.807, 2.05) is 48.7 Å². The SMILES string of the molecule is Cc1ccn2c(NCc3ccccc3)c(-c3ccccc3OC(=O)C3CCCC3)nc2c1. The van der Waals surface area contributed by atoms with Crippen LogP contribution in [0.5, 0.6) is 5.75 Å². The molecule has 4 aromatic rings. The lowest BCUT2D eigenvalue weighted by atomic mass is 10.1. The van der Waals surface area contributed by atoms with Crippen molar-refractivity contribution in [2.75, 3.05) is 5.32 Å². The first-order valence-corrected chi connectivity index (χ1v) is 11.3.